The maximum atomic E-state index is 12.6. The number of halogens is 3. The van der Waals surface area contributed by atoms with Gasteiger partial charge in [0.2, 0.25) is 0 Å². The highest BCUT2D eigenvalue weighted by Gasteiger charge is 2.30. The van der Waals surface area contributed by atoms with Gasteiger partial charge in [-0.05, 0) is 36.9 Å². The van der Waals surface area contributed by atoms with Gasteiger partial charge >= 0.3 is 6.18 Å². The minimum atomic E-state index is -4.37. The molecular weight excluding hydrogens is 296 g/mol. The second-order valence-corrected chi connectivity index (χ2v) is 5.57. The van der Waals surface area contributed by atoms with E-state index >= 15 is 0 Å². The summed E-state index contributed by atoms with van der Waals surface area (Å²) in [5, 5.41) is 3.06. The van der Waals surface area contributed by atoms with Crippen molar-refractivity contribution in [1.29, 1.82) is 0 Å². The van der Waals surface area contributed by atoms with Crippen molar-refractivity contribution in [3.63, 3.8) is 0 Å². The molecule has 0 aliphatic heterocycles. The lowest BCUT2D eigenvalue weighted by molar-refractivity contribution is -0.137. The quantitative estimate of drug-likeness (QED) is 0.833. The first kappa shape index (κ1) is 15.7. The lowest BCUT2D eigenvalue weighted by atomic mass is 10.2. The fourth-order valence-electron chi connectivity index (χ4n) is 1.88. The van der Waals surface area contributed by atoms with Crippen molar-refractivity contribution in [2.24, 2.45) is 0 Å². The van der Waals surface area contributed by atoms with E-state index in [1.807, 2.05) is 31.3 Å². The summed E-state index contributed by atoms with van der Waals surface area (Å²) < 4.78 is 37.9. The van der Waals surface area contributed by atoms with Gasteiger partial charge in [-0.2, -0.15) is 13.2 Å². The molecule has 0 fully saturated rings. The van der Waals surface area contributed by atoms with Crippen molar-refractivity contribution in [3.05, 3.63) is 53.6 Å². The number of nitrogens with one attached hydrogen (secondary N) is 1. The molecule has 0 bridgehead atoms. The van der Waals surface area contributed by atoms with Crippen LogP contribution in [0.15, 0.2) is 52.3 Å². The average molecular weight is 311 g/mol. The molecule has 3 N–H and O–H groups in total. The Balaban J connectivity index is 2.28. The molecule has 0 spiro atoms. The summed E-state index contributed by atoms with van der Waals surface area (Å²) in [4.78, 5) is 1.59. The van der Waals surface area contributed by atoms with Crippen LogP contribution in [0.3, 0.4) is 0 Å². The van der Waals surface area contributed by atoms with Crippen LogP contribution in [0, 0.1) is 0 Å². The van der Waals surface area contributed by atoms with Gasteiger partial charge in [0.15, 0.2) is 0 Å². The van der Waals surface area contributed by atoms with Gasteiger partial charge in [0.25, 0.3) is 0 Å². The van der Waals surface area contributed by atoms with Crippen molar-refractivity contribution in [2.45, 2.75) is 22.5 Å². The number of hydrogen-bond donors (Lipinski definition) is 2. The molecule has 0 radical (unpaired) electrons. The SMILES string of the molecule is [11CH3]NCc1ccccc1Sc1ccc(C(F)(F)F)cc1N. The number of nitrogens with two attached hydrogens (primary N) is 1. The minimum absolute atomic E-state index is 0.133. The summed E-state index contributed by atoms with van der Waals surface area (Å²) in [6, 6.07) is 11.2. The normalized spacial score (nSPS) is 11.6. The Kier molecular flexibility index (Phi) is 4.80. The summed E-state index contributed by atoms with van der Waals surface area (Å²) >= 11 is 1.37. The molecule has 0 saturated heterocycles. The predicted molar refractivity (Wildman–Crippen MR) is 79.2 cm³/mol. The summed E-state index contributed by atoms with van der Waals surface area (Å²) in [5.41, 5.74) is 6.23. The van der Waals surface area contributed by atoms with E-state index < -0.39 is 11.7 Å². The van der Waals surface area contributed by atoms with E-state index in [2.05, 4.69) is 5.32 Å². The average Bonchev–Trinajstić information content (AvgIpc) is 2.42. The van der Waals surface area contributed by atoms with Crippen LogP contribution in [0.1, 0.15) is 11.1 Å². The lowest BCUT2D eigenvalue weighted by Crippen LogP contribution is -2.06. The first-order valence-corrected chi connectivity index (χ1v) is 7.10. The summed E-state index contributed by atoms with van der Waals surface area (Å²) in [5.74, 6) is 0. The maximum absolute atomic E-state index is 12.6. The van der Waals surface area contributed by atoms with Crippen LogP contribution in [0.4, 0.5) is 18.9 Å². The fourth-order valence-corrected chi connectivity index (χ4v) is 2.84. The molecule has 0 amide bonds. The molecule has 112 valence electrons. The molecule has 6 heteroatoms. The molecular formula is C15H15F3N2S. The Bertz CT molecular complexity index is 627. The Morgan fingerprint density at radius 3 is 2.43 bits per heavy atom. The zero-order valence-electron chi connectivity index (χ0n) is 11.4. The smallest absolute Gasteiger partial charge is 0.398 e. The highest BCUT2D eigenvalue weighted by Crippen LogP contribution is 2.37. The van der Waals surface area contributed by atoms with Crippen LogP contribution in [0.25, 0.3) is 0 Å². The van der Waals surface area contributed by atoms with Crippen molar-refractivity contribution in [1.82, 2.24) is 5.32 Å². The van der Waals surface area contributed by atoms with Crippen molar-refractivity contribution in [2.75, 3.05) is 12.8 Å². The summed E-state index contributed by atoms with van der Waals surface area (Å²) in [6.07, 6.45) is -4.37. The van der Waals surface area contributed by atoms with E-state index in [0.717, 1.165) is 22.6 Å². The Labute approximate surface area is 125 Å². The van der Waals surface area contributed by atoms with Crippen LogP contribution in [-0.2, 0) is 12.7 Å². The standard InChI is InChI=1S/C15H15F3N2S/c1-20-9-10-4-2-3-5-13(10)21-14-7-6-11(8-12(14)19)15(16,17)18/h2-8,20H,9,19H2,1H3/i1-1. The minimum Gasteiger partial charge on any atom is -0.398 e. The second-order valence-electron chi connectivity index (χ2n) is 4.49. The lowest BCUT2D eigenvalue weighted by Gasteiger charge is -2.12. The van der Waals surface area contributed by atoms with Crippen LogP contribution in [0.5, 0.6) is 0 Å². The van der Waals surface area contributed by atoms with Gasteiger partial charge in [-0.25, -0.2) is 0 Å². The number of nitrogen functional groups attached to an aromatic ring is 1. The molecule has 0 saturated carbocycles. The first-order valence-electron chi connectivity index (χ1n) is 6.29. The highest BCUT2D eigenvalue weighted by atomic mass is 32.2. The Morgan fingerprint density at radius 1 is 1.10 bits per heavy atom. The van der Waals surface area contributed by atoms with E-state index in [4.69, 9.17) is 5.73 Å². The van der Waals surface area contributed by atoms with Gasteiger partial charge in [-0.15, -0.1) is 0 Å². The number of rotatable bonds is 4. The molecule has 0 heterocycles. The number of anilines is 1. The van der Waals surface area contributed by atoms with Gasteiger partial charge in [-0.1, -0.05) is 30.0 Å². The van der Waals surface area contributed by atoms with Crippen LogP contribution >= 0.6 is 11.8 Å². The number of benzene rings is 2. The van der Waals surface area contributed by atoms with Gasteiger partial charge in [-0.3, -0.25) is 0 Å². The number of alkyl halides is 3. The number of hydrogen-bond acceptors (Lipinski definition) is 3. The van der Waals surface area contributed by atoms with E-state index in [1.165, 1.54) is 17.8 Å². The van der Waals surface area contributed by atoms with E-state index in [9.17, 15) is 13.2 Å². The van der Waals surface area contributed by atoms with Crippen LogP contribution in [0.2, 0.25) is 0 Å². The van der Waals surface area contributed by atoms with E-state index in [1.54, 1.807) is 0 Å². The van der Waals surface area contributed by atoms with Crippen molar-refractivity contribution in [3.8, 4) is 0 Å². The molecule has 0 aliphatic carbocycles. The van der Waals surface area contributed by atoms with E-state index in [-0.39, 0.29) is 5.69 Å². The molecule has 21 heavy (non-hydrogen) atoms. The molecule has 0 aromatic heterocycles. The maximum Gasteiger partial charge on any atom is 0.416 e. The van der Waals surface area contributed by atoms with Gasteiger partial charge in [0, 0.05) is 22.0 Å². The first-order chi connectivity index (χ1) is 9.91. The summed E-state index contributed by atoms with van der Waals surface area (Å²) in [7, 11) is 1.84. The largest absolute Gasteiger partial charge is 0.416 e. The van der Waals surface area contributed by atoms with Crippen molar-refractivity contribution < 1.29 is 13.2 Å². The zero-order chi connectivity index (χ0) is 15.5. The molecule has 0 unspecified atom stereocenters. The molecule has 2 aromatic rings. The predicted octanol–water partition coefficient (Wildman–Crippen LogP) is 4.16. The van der Waals surface area contributed by atoms with Gasteiger partial charge in [0.1, 0.15) is 0 Å². The highest BCUT2D eigenvalue weighted by molar-refractivity contribution is 7.99. The third-order valence-electron chi connectivity index (χ3n) is 2.90. The molecule has 0 atom stereocenters. The molecule has 2 nitrogen and oxygen atoms in total. The summed E-state index contributed by atoms with van der Waals surface area (Å²) in [6.45, 7) is 0.684. The fraction of sp³-hybridized carbons (Fsp3) is 0.200. The van der Waals surface area contributed by atoms with Crippen LogP contribution < -0.4 is 11.1 Å². The zero-order valence-corrected chi connectivity index (χ0v) is 12.2. The molecule has 0 aliphatic rings. The third-order valence-corrected chi connectivity index (χ3v) is 4.11. The monoisotopic (exact) mass is 311 g/mol. The topological polar surface area (TPSA) is 38.0 Å². The van der Waals surface area contributed by atoms with Gasteiger partial charge in [0.05, 0.1) is 5.56 Å². The Hall–Kier alpha value is -1.66. The molecule has 2 rings (SSSR count). The van der Waals surface area contributed by atoms with Gasteiger partial charge < -0.3 is 11.1 Å². The second kappa shape index (κ2) is 6.41. The van der Waals surface area contributed by atoms with E-state index in [0.29, 0.717) is 11.4 Å². The van der Waals surface area contributed by atoms with Crippen LogP contribution in [-0.4, -0.2) is 7.05 Å². The third kappa shape index (κ3) is 3.92. The molecule has 2 aromatic carbocycles. The van der Waals surface area contributed by atoms with Crippen molar-refractivity contribution >= 4 is 17.4 Å². The Morgan fingerprint density at radius 2 is 1.81 bits per heavy atom.